The first-order valence-electron chi connectivity index (χ1n) is 20.8. The summed E-state index contributed by atoms with van der Waals surface area (Å²) in [5, 5.41) is 0. The van der Waals surface area contributed by atoms with E-state index in [0.29, 0.717) is 0 Å². The molecule has 0 aliphatic heterocycles. The zero-order chi connectivity index (χ0) is 39.3. The number of hydrogen-bond donors (Lipinski definition) is 0. The molecule has 0 saturated carbocycles. The van der Waals surface area contributed by atoms with E-state index in [1.54, 1.807) is 0 Å². The fourth-order valence-electron chi connectivity index (χ4n) is 10.9. The van der Waals surface area contributed by atoms with Gasteiger partial charge in [-0.15, -0.1) is 0 Å². The van der Waals surface area contributed by atoms with E-state index in [9.17, 15) is 0 Å². The normalized spacial score (nSPS) is 14.2. The van der Waals surface area contributed by atoms with Gasteiger partial charge in [-0.1, -0.05) is 190 Å². The highest BCUT2D eigenvalue weighted by Gasteiger charge is 2.54. The minimum atomic E-state index is -0.427. The van der Waals surface area contributed by atoms with Crippen molar-refractivity contribution in [2.75, 3.05) is 4.90 Å². The van der Waals surface area contributed by atoms with Crippen LogP contribution in [0.25, 0.3) is 55.6 Å². The van der Waals surface area contributed by atoms with Crippen LogP contribution in [0.1, 0.15) is 47.2 Å². The van der Waals surface area contributed by atoms with Gasteiger partial charge in [-0.05, 0) is 125 Å². The third-order valence-electron chi connectivity index (χ3n) is 13.5. The summed E-state index contributed by atoms with van der Waals surface area (Å²) in [6, 6.07) is 78.9. The van der Waals surface area contributed by atoms with Crippen LogP contribution in [-0.2, 0) is 10.8 Å². The predicted molar refractivity (Wildman–Crippen MR) is 246 cm³/mol. The van der Waals surface area contributed by atoms with Crippen LogP contribution >= 0.6 is 0 Å². The lowest BCUT2D eigenvalue weighted by molar-refractivity contribution is 0.657. The van der Waals surface area contributed by atoms with Gasteiger partial charge in [0.15, 0.2) is 0 Å². The molecule has 0 radical (unpaired) electrons. The van der Waals surface area contributed by atoms with Gasteiger partial charge in [0.05, 0.1) is 5.41 Å². The number of rotatable bonds is 5. The van der Waals surface area contributed by atoms with Crippen molar-refractivity contribution in [1.29, 1.82) is 0 Å². The Morgan fingerprint density at radius 2 is 0.746 bits per heavy atom. The van der Waals surface area contributed by atoms with Crippen LogP contribution in [0.3, 0.4) is 0 Å². The number of hydrogen-bond acceptors (Lipinski definition) is 1. The second kappa shape index (κ2) is 12.6. The smallest absolute Gasteiger partial charge is 0.0725 e. The molecule has 1 nitrogen and oxygen atoms in total. The Morgan fingerprint density at radius 3 is 1.37 bits per heavy atom. The van der Waals surface area contributed by atoms with E-state index in [1.165, 1.54) is 89.0 Å². The van der Waals surface area contributed by atoms with Gasteiger partial charge in [-0.25, -0.2) is 0 Å². The van der Waals surface area contributed by atoms with Crippen LogP contribution in [0.15, 0.2) is 212 Å². The Balaban J connectivity index is 1.14. The number of nitrogens with zero attached hydrogens (tertiary/aromatic N) is 1. The molecule has 3 aliphatic rings. The summed E-state index contributed by atoms with van der Waals surface area (Å²) in [7, 11) is 0. The third-order valence-corrected chi connectivity index (χ3v) is 13.5. The molecule has 0 amide bonds. The third kappa shape index (κ3) is 4.67. The first-order valence-corrected chi connectivity index (χ1v) is 20.8. The first-order chi connectivity index (χ1) is 29.0. The van der Waals surface area contributed by atoms with E-state index in [2.05, 4.69) is 231 Å². The molecule has 9 aromatic carbocycles. The Labute approximate surface area is 346 Å². The van der Waals surface area contributed by atoms with Crippen molar-refractivity contribution in [2.24, 2.45) is 0 Å². The van der Waals surface area contributed by atoms with Crippen LogP contribution in [0.2, 0.25) is 0 Å². The highest BCUT2D eigenvalue weighted by atomic mass is 15.1. The van der Waals surface area contributed by atoms with E-state index < -0.39 is 5.41 Å². The molecule has 0 heterocycles. The second-order valence-electron chi connectivity index (χ2n) is 16.8. The van der Waals surface area contributed by atoms with Gasteiger partial charge < -0.3 is 4.90 Å². The van der Waals surface area contributed by atoms with Crippen LogP contribution in [0.4, 0.5) is 17.1 Å². The van der Waals surface area contributed by atoms with E-state index in [0.717, 1.165) is 17.1 Å². The van der Waals surface area contributed by atoms with Crippen molar-refractivity contribution in [3.63, 3.8) is 0 Å². The van der Waals surface area contributed by atoms with E-state index >= 15 is 0 Å². The van der Waals surface area contributed by atoms with Gasteiger partial charge in [0.1, 0.15) is 0 Å². The lowest BCUT2D eigenvalue weighted by atomic mass is 9.69. The molecular formula is C58H41N. The predicted octanol–water partition coefficient (Wildman–Crippen LogP) is 15.1. The van der Waals surface area contributed by atoms with Gasteiger partial charge in [0, 0.05) is 22.5 Å². The average Bonchev–Trinajstić information content (AvgIpc) is 3.85. The summed E-state index contributed by atoms with van der Waals surface area (Å²) >= 11 is 0. The molecule has 3 aliphatic carbocycles. The number of fused-ring (bicyclic) bond motifs is 13. The monoisotopic (exact) mass is 751 g/mol. The SMILES string of the molecule is CC1(C)c2ccc(N(c3ccccc3)c3ccc(-c4ccccc4)cc3)cc2-c2c1cc1c(c2-c2ccccc2)-c2ccccc2C12c1ccccc1-c1ccccc12. The largest absolute Gasteiger partial charge is 0.310 e. The quantitative estimate of drug-likeness (QED) is 0.169. The van der Waals surface area contributed by atoms with Gasteiger partial charge in [0.2, 0.25) is 0 Å². The Morgan fingerprint density at radius 1 is 0.288 bits per heavy atom. The Bertz CT molecular complexity index is 3060. The molecule has 0 bridgehead atoms. The van der Waals surface area contributed by atoms with Gasteiger partial charge in [-0.2, -0.15) is 0 Å². The van der Waals surface area contributed by atoms with Crippen LogP contribution < -0.4 is 4.90 Å². The average molecular weight is 752 g/mol. The minimum absolute atomic E-state index is 0.246. The maximum Gasteiger partial charge on any atom is 0.0725 e. The highest BCUT2D eigenvalue weighted by Crippen LogP contribution is 2.67. The molecule has 12 rings (SSSR count). The standard InChI is InChI=1S/C58H41N/c1-57(2)48-35-34-43(59(41-22-10-5-11-23-41)42-32-30-39(31-33-42)38-18-6-3-7-19-38)36-47(48)56-52(57)37-53-55(54(56)40-20-8-4-9-21-40)46-26-14-17-29-51(46)58(53)49-27-15-12-24-44(49)45-25-13-16-28-50(45)58/h3-37H,1-2H3. The number of benzene rings is 9. The summed E-state index contributed by atoms with van der Waals surface area (Å²) in [6.45, 7) is 4.86. The zero-order valence-electron chi connectivity index (χ0n) is 33.2. The molecule has 59 heavy (non-hydrogen) atoms. The molecule has 278 valence electrons. The van der Waals surface area contributed by atoms with Crippen LogP contribution in [0, 0.1) is 0 Å². The summed E-state index contributed by atoms with van der Waals surface area (Å²) in [6.07, 6.45) is 0. The molecule has 0 saturated heterocycles. The van der Waals surface area contributed by atoms with Crippen LogP contribution in [-0.4, -0.2) is 0 Å². The van der Waals surface area contributed by atoms with Gasteiger partial charge in [-0.3, -0.25) is 0 Å². The highest BCUT2D eigenvalue weighted by molar-refractivity contribution is 6.07. The van der Waals surface area contributed by atoms with Crippen molar-refractivity contribution in [3.05, 3.63) is 246 Å². The van der Waals surface area contributed by atoms with Gasteiger partial charge in [0.25, 0.3) is 0 Å². The van der Waals surface area contributed by atoms with Crippen molar-refractivity contribution in [1.82, 2.24) is 0 Å². The first kappa shape index (κ1) is 33.9. The zero-order valence-corrected chi connectivity index (χ0v) is 33.2. The Hall–Kier alpha value is -7.22. The lowest BCUT2D eigenvalue weighted by Crippen LogP contribution is -2.26. The Kier molecular flexibility index (Phi) is 7.26. The van der Waals surface area contributed by atoms with Crippen molar-refractivity contribution >= 4 is 17.1 Å². The fourth-order valence-corrected chi connectivity index (χ4v) is 10.9. The maximum atomic E-state index is 2.62. The molecule has 0 atom stereocenters. The maximum absolute atomic E-state index is 2.62. The number of para-hydroxylation sites is 1. The fraction of sp³-hybridized carbons (Fsp3) is 0.0690. The molecule has 1 spiro atoms. The van der Waals surface area contributed by atoms with Crippen molar-refractivity contribution < 1.29 is 0 Å². The summed E-state index contributed by atoms with van der Waals surface area (Å²) in [5.74, 6) is 0. The van der Waals surface area contributed by atoms with E-state index in [4.69, 9.17) is 0 Å². The summed E-state index contributed by atoms with van der Waals surface area (Å²) < 4.78 is 0. The minimum Gasteiger partial charge on any atom is -0.310 e. The summed E-state index contributed by atoms with van der Waals surface area (Å²) in [5.41, 5.74) is 23.9. The molecule has 0 unspecified atom stereocenters. The summed E-state index contributed by atoms with van der Waals surface area (Å²) in [4.78, 5) is 2.41. The molecule has 0 N–H and O–H groups in total. The second-order valence-corrected chi connectivity index (χ2v) is 16.8. The molecule has 0 fully saturated rings. The van der Waals surface area contributed by atoms with Gasteiger partial charge >= 0.3 is 0 Å². The molecule has 0 aromatic heterocycles. The number of anilines is 3. The molecule has 9 aromatic rings. The van der Waals surface area contributed by atoms with Crippen molar-refractivity contribution in [2.45, 2.75) is 24.7 Å². The van der Waals surface area contributed by atoms with E-state index in [-0.39, 0.29) is 5.41 Å². The van der Waals surface area contributed by atoms with Crippen LogP contribution in [0.5, 0.6) is 0 Å². The molecular weight excluding hydrogens is 711 g/mol. The van der Waals surface area contributed by atoms with Crippen molar-refractivity contribution in [3.8, 4) is 55.6 Å². The van der Waals surface area contributed by atoms with E-state index in [1.807, 2.05) is 0 Å². The lowest BCUT2D eigenvalue weighted by Gasteiger charge is -2.32. The molecule has 1 heteroatoms. The topological polar surface area (TPSA) is 3.24 Å².